The maximum atomic E-state index is 13.6. The molecule has 0 radical (unpaired) electrons. The van der Waals surface area contributed by atoms with Gasteiger partial charge in [-0.1, -0.05) is 32.4 Å². The molecule has 0 aliphatic heterocycles. The predicted molar refractivity (Wildman–Crippen MR) is 52.7 cm³/mol. The molecule has 3 heteroatoms. The van der Waals surface area contributed by atoms with Crippen LogP contribution in [0.4, 0.5) is 4.39 Å². The molecule has 0 aliphatic rings. The van der Waals surface area contributed by atoms with Crippen molar-refractivity contribution in [2.45, 2.75) is 33.1 Å². The van der Waals surface area contributed by atoms with Crippen molar-refractivity contribution in [3.8, 4) is 0 Å². The second-order valence-corrected chi connectivity index (χ2v) is 3.70. The predicted octanol–water partition coefficient (Wildman–Crippen LogP) is 3.56. The molecule has 0 aromatic carbocycles. The summed E-state index contributed by atoms with van der Waals surface area (Å²) in [4.78, 5) is 3.98. The summed E-state index contributed by atoms with van der Waals surface area (Å²) in [6, 6.07) is 0. The van der Waals surface area contributed by atoms with Crippen LogP contribution in [0.1, 0.15) is 37.9 Å². The van der Waals surface area contributed by atoms with Gasteiger partial charge in [0.2, 0.25) is 0 Å². The van der Waals surface area contributed by atoms with Crippen molar-refractivity contribution in [3.05, 3.63) is 28.3 Å². The summed E-state index contributed by atoms with van der Waals surface area (Å²) < 4.78 is 13.6. The zero-order valence-electron chi connectivity index (χ0n) is 8.06. The lowest BCUT2D eigenvalue weighted by molar-refractivity contribution is 0.571. The second-order valence-electron chi connectivity index (χ2n) is 3.29. The third-order valence-electron chi connectivity index (χ3n) is 2.00. The average molecular weight is 202 g/mol. The van der Waals surface area contributed by atoms with Gasteiger partial charge in [-0.05, 0) is 12.3 Å². The zero-order chi connectivity index (χ0) is 10.0. The van der Waals surface area contributed by atoms with Crippen LogP contribution in [0.15, 0.2) is 6.20 Å². The first-order valence-corrected chi connectivity index (χ1v) is 4.78. The summed E-state index contributed by atoms with van der Waals surface area (Å²) in [5.74, 6) is -0.146. The molecule has 13 heavy (non-hydrogen) atoms. The SMILES string of the molecule is CCc1c(Cl)cnc(C(C)C)c1F. The molecule has 0 N–H and O–H groups in total. The van der Waals surface area contributed by atoms with Crippen LogP contribution in [0, 0.1) is 5.82 Å². The van der Waals surface area contributed by atoms with Gasteiger partial charge in [0.25, 0.3) is 0 Å². The first-order chi connectivity index (χ1) is 6.07. The monoisotopic (exact) mass is 201 g/mol. The van der Waals surface area contributed by atoms with Crippen molar-refractivity contribution in [1.82, 2.24) is 4.98 Å². The zero-order valence-corrected chi connectivity index (χ0v) is 8.82. The Morgan fingerprint density at radius 2 is 2.15 bits per heavy atom. The van der Waals surface area contributed by atoms with E-state index >= 15 is 0 Å². The normalized spacial score (nSPS) is 10.9. The van der Waals surface area contributed by atoms with Gasteiger partial charge < -0.3 is 0 Å². The van der Waals surface area contributed by atoms with Crippen LogP contribution in [-0.4, -0.2) is 4.98 Å². The molecule has 0 atom stereocenters. The van der Waals surface area contributed by atoms with Gasteiger partial charge in [0.1, 0.15) is 5.82 Å². The maximum absolute atomic E-state index is 13.6. The van der Waals surface area contributed by atoms with E-state index in [1.54, 1.807) is 0 Å². The Kier molecular flexibility index (Phi) is 3.26. The minimum atomic E-state index is -0.245. The van der Waals surface area contributed by atoms with Gasteiger partial charge >= 0.3 is 0 Å². The van der Waals surface area contributed by atoms with E-state index in [-0.39, 0.29) is 11.7 Å². The van der Waals surface area contributed by atoms with Crippen LogP contribution < -0.4 is 0 Å². The molecule has 0 saturated carbocycles. The van der Waals surface area contributed by atoms with Crippen LogP contribution in [0.2, 0.25) is 5.02 Å². The number of halogens is 2. The summed E-state index contributed by atoms with van der Waals surface area (Å²) in [6.07, 6.45) is 2.13. The van der Waals surface area contributed by atoms with Gasteiger partial charge in [-0.2, -0.15) is 0 Å². The fourth-order valence-corrected chi connectivity index (χ4v) is 1.51. The molecule has 1 rings (SSSR count). The molecule has 0 amide bonds. The lowest BCUT2D eigenvalue weighted by Gasteiger charge is -2.09. The second kappa shape index (κ2) is 4.05. The summed E-state index contributed by atoms with van der Waals surface area (Å²) in [6.45, 7) is 5.71. The number of hydrogen-bond donors (Lipinski definition) is 0. The van der Waals surface area contributed by atoms with Crippen molar-refractivity contribution in [3.63, 3.8) is 0 Å². The topological polar surface area (TPSA) is 12.9 Å². The minimum Gasteiger partial charge on any atom is -0.256 e. The molecule has 1 heterocycles. The standard InChI is InChI=1S/C10H13ClFN/c1-4-7-8(11)5-13-10(6(2)3)9(7)12/h5-6H,4H2,1-3H3. The first-order valence-electron chi connectivity index (χ1n) is 4.40. The summed E-state index contributed by atoms with van der Waals surface area (Å²) in [7, 11) is 0. The van der Waals surface area contributed by atoms with E-state index in [0.29, 0.717) is 22.7 Å². The van der Waals surface area contributed by atoms with Crippen LogP contribution in [0.5, 0.6) is 0 Å². The van der Waals surface area contributed by atoms with E-state index in [0.717, 1.165) is 0 Å². The van der Waals surface area contributed by atoms with Crippen LogP contribution in [0.3, 0.4) is 0 Å². The van der Waals surface area contributed by atoms with Gasteiger partial charge in [0.05, 0.1) is 10.7 Å². The Morgan fingerprint density at radius 3 is 2.62 bits per heavy atom. The van der Waals surface area contributed by atoms with E-state index in [9.17, 15) is 4.39 Å². The number of nitrogens with zero attached hydrogens (tertiary/aromatic N) is 1. The quantitative estimate of drug-likeness (QED) is 0.713. The molecule has 0 unspecified atom stereocenters. The third kappa shape index (κ3) is 1.99. The minimum absolute atomic E-state index is 0.0996. The van der Waals surface area contributed by atoms with Gasteiger partial charge in [-0.25, -0.2) is 4.39 Å². The van der Waals surface area contributed by atoms with Gasteiger partial charge in [-0.15, -0.1) is 0 Å². The van der Waals surface area contributed by atoms with Crippen LogP contribution >= 0.6 is 11.6 Å². The van der Waals surface area contributed by atoms with Crippen molar-refractivity contribution < 1.29 is 4.39 Å². The maximum Gasteiger partial charge on any atom is 0.149 e. The molecule has 1 nitrogen and oxygen atoms in total. The number of rotatable bonds is 2. The van der Waals surface area contributed by atoms with Crippen LogP contribution in [-0.2, 0) is 6.42 Å². The van der Waals surface area contributed by atoms with E-state index in [1.807, 2.05) is 20.8 Å². The highest BCUT2D eigenvalue weighted by molar-refractivity contribution is 6.31. The Labute approximate surface area is 82.9 Å². The largest absolute Gasteiger partial charge is 0.256 e. The molecule has 0 spiro atoms. The fraction of sp³-hybridized carbons (Fsp3) is 0.500. The molecule has 0 bridgehead atoms. The molecule has 0 saturated heterocycles. The molecular weight excluding hydrogens is 189 g/mol. The van der Waals surface area contributed by atoms with Gasteiger partial charge in [0, 0.05) is 11.8 Å². The number of pyridine rings is 1. The summed E-state index contributed by atoms with van der Waals surface area (Å²) in [5, 5.41) is 0.421. The average Bonchev–Trinajstić information content (AvgIpc) is 2.04. The summed E-state index contributed by atoms with van der Waals surface area (Å²) in [5.41, 5.74) is 1.07. The van der Waals surface area contributed by atoms with E-state index < -0.39 is 0 Å². The number of hydrogen-bond acceptors (Lipinski definition) is 1. The smallest absolute Gasteiger partial charge is 0.149 e. The van der Waals surface area contributed by atoms with Gasteiger partial charge in [-0.3, -0.25) is 4.98 Å². The van der Waals surface area contributed by atoms with Gasteiger partial charge in [0.15, 0.2) is 0 Å². The molecule has 0 fully saturated rings. The Hall–Kier alpha value is -0.630. The lowest BCUT2D eigenvalue weighted by atomic mass is 10.1. The van der Waals surface area contributed by atoms with E-state index in [2.05, 4.69) is 4.98 Å². The molecule has 1 aromatic heterocycles. The molecular formula is C10H13ClFN. The molecule has 0 aliphatic carbocycles. The van der Waals surface area contributed by atoms with E-state index in [4.69, 9.17) is 11.6 Å². The van der Waals surface area contributed by atoms with Crippen molar-refractivity contribution in [1.29, 1.82) is 0 Å². The Morgan fingerprint density at radius 1 is 1.54 bits per heavy atom. The van der Waals surface area contributed by atoms with E-state index in [1.165, 1.54) is 6.20 Å². The van der Waals surface area contributed by atoms with Crippen molar-refractivity contribution in [2.24, 2.45) is 0 Å². The first kappa shape index (κ1) is 10.5. The van der Waals surface area contributed by atoms with Crippen molar-refractivity contribution >= 4 is 11.6 Å². The third-order valence-corrected chi connectivity index (χ3v) is 2.32. The summed E-state index contributed by atoms with van der Waals surface area (Å²) >= 11 is 5.80. The highest BCUT2D eigenvalue weighted by atomic mass is 35.5. The highest BCUT2D eigenvalue weighted by Crippen LogP contribution is 2.24. The number of aromatic nitrogens is 1. The molecule has 72 valence electrons. The highest BCUT2D eigenvalue weighted by Gasteiger charge is 2.14. The lowest BCUT2D eigenvalue weighted by Crippen LogP contribution is -2.02. The Bertz CT molecular complexity index is 310. The molecule has 1 aromatic rings. The Balaban J connectivity index is 3.27. The van der Waals surface area contributed by atoms with Crippen LogP contribution in [0.25, 0.3) is 0 Å². The van der Waals surface area contributed by atoms with Crippen molar-refractivity contribution in [2.75, 3.05) is 0 Å². The fourth-order valence-electron chi connectivity index (χ4n) is 1.25.